The second-order valence-electron chi connectivity index (χ2n) is 8.16. The van der Waals surface area contributed by atoms with E-state index in [1.165, 1.54) is 4.90 Å². The normalized spacial score (nSPS) is 18.0. The lowest BCUT2D eigenvalue weighted by molar-refractivity contribution is -0.131. The van der Waals surface area contributed by atoms with Gasteiger partial charge in [0.2, 0.25) is 5.91 Å². The average molecular weight is 412 g/mol. The number of benzene rings is 2. The van der Waals surface area contributed by atoms with Gasteiger partial charge in [-0.25, -0.2) is 4.98 Å². The molecule has 31 heavy (non-hydrogen) atoms. The van der Waals surface area contributed by atoms with Gasteiger partial charge in [-0.05, 0) is 36.6 Å². The Hall–Kier alpha value is -3.72. The Morgan fingerprint density at radius 3 is 2.68 bits per heavy atom. The minimum absolute atomic E-state index is 0.0486. The van der Waals surface area contributed by atoms with Gasteiger partial charge in [-0.3, -0.25) is 9.59 Å². The number of likely N-dealkylation sites (tertiary alicyclic amines) is 1. The van der Waals surface area contributed by atoms with E-state index < -0.39 is 6.04 Å². The molecule has 2 heterocycles. The number of amides is 2. The van der Waals surface area contributed by atoms with Gasteiger partial charge < -0.3 is 9.80 Å². The van der Waals surface area contributed by atoms with E-state index >= 15 is 0 Å². The number of pyridine rings is 1. The van der Waals surface area contributed by atoms with Gasteiger partial charge in [0.25, 0.3) is 5.91 Å². The molecule has 6 nitrogen and oxygen atoms in total. The van der Waals surface area contributed by atoms with Crippen LogP contribution < -0.4 is 0 Å². The smallest absolute Gasteiger partial charge is 0.254 e. The van der Waals surface area contributed by atoms with Crippen molar-refractivity contribution >= 4 is 22.7 Å². The predicted octanol–water partition coefficient (Wildman–Crippen LogP) is 3.73. The third-order valence-electron chi connectivity index (χ3n) is 5.70. The number of aromatic nitrogens is 1. The van der Waals surface area contributed by atoms with Gasteiger partial charge >= 0.3 is 0 Å². The van der Waals surface area contributed by atoms with E-state index in [-0.39, 0.29) is 18.4 Å². The number of rotatable bonds is 4. The molecule has 2 aromatic carbocycles. The molecule has 0 bridgehead atoms. The van der Waals surface area contributed by atoms with Crippen LogP contribution in [0.3, 0.4) is 0 Å². The summed E-state index contributed by atoms with van der Waals surface area (Å²) in [6.45, 7) is 2.54. The van der Waals surface area contributed by atoms with Crippen LogP contribution in [0.2, 0.25) is 0 Å². The number of fused-ring (bicyclic) bond motifs is 1. The minimum Gasteiger partial charge on any atom is -0.332 e. The van der Waals surface area contributed by atoms with Gasteiger partial charge in [0, 0.05) is 30.1 Å². The Bertz CT molecular complexity index is 1170. The second kappa shape index (κ2) is 8.57. The fourth-order valence-electron chi connectivity index (χ4n) is 4.06. The topological polar surface area (TPSA) is 77.3 Å². The molecular weight excluding hydrogens is 388 g/mol. The summed E-state index contributed by atoms with van der Waals surface area (Å²) in [5.74, 6) is -0.131. The molecule has 6 heteroatoms. The number of carbonyl (C=O) groups excluding carboxylic acids is 2. The summed E-state index contributed by atoms with van der Waals surface area (Å²) in [7, 11) is 1.61. The number of hydrogen-bond acceptors (Lipinski definition) is 4. The number of likely N-dealkylation sites (N-methyl/N-ethyl adjacent to an activating group) is 1. The molecule has 1 aliphatic rings. The standard InChI is InChI=1S/C25H24N4O2/c1-17-12-21(14-26)29(15-17)24(30)16-28(2)25(31)20-9-11-23-19(13-20)8-10-22(27-23)18-6-4-3-5-7-18/h3-11,13,17,21H,12,15-16H2,1-2H3. The molecule has 2 atom stereocenters. The van der Waals surface area contributed by atoms with Gasteiger partial charge in [0.05, 0.1) is 23.8 Å². The highest BCUT2D eigenvalue weighted by atomic mass is 16.2. The van der Waals surface area contributed by atoms with Crippen LogP contribution in [0.1, 0.15) is 23.7 Å². The number of nitriles is 1. The van der Waals surface area contributed by atoms with E-state index in [1.807, 2.05) is 55.5 Å². The summed E-state index contributed by atoms with van der Waals surface area (Å²) >= 11 is 0. The van der Waals surface area contributed by atoms with Crippen LogP contribution in [0.5, 0.6) is 0 Å². The fourth-order valence-corrected chi connectivity index (χ4v) is 4.06. The molecule has 1 aromatic heterocycles. The minimum atomic E-state index is -0.406. The van der Waals surface area contributed by atoms with Gasteiger partial charge in [0.1, 0.15) is 6.04 Å². The van der Waals surface area contributed by atoms with Crippen molar-refractivity contribution in [2.45, 2.75) is 19.4 Å². The number of nitrogens with zero attached hydrogens (tertiary/aromatic N) is 4. The maximum Gasteiger partial charge on any atom is 0.254 e. The summed E-state index contributed by atoms with van der Waals surface area (Å²) < 4.78 is 0. The van der Waals surface area contributed by atoms with Crippen molar-refractivity contribution in [3.8, 4) is 17.3 Å². The first-order valence-corrected chi connectivity index (χ1v) is 10.4. The summed E-state index contributed by atoms with van der Waals surface area (Å²) in [6, 6.07) is 21.0. The lowest BCUT2D eigenvalue weighted by atomic mass is 10.1. The number of hydrogen-bond donors (Lipinski definition) is 0. The molecule has 1 aliphatic heterocycles. The van der Waals surface area contributed by atoms with Crippen LogP contribution in [0.15, 0.2) is 60.7 Å². The Morgan fingerprint density at radius 1 is 1.16 bits per heavy atom. The zero-order valence-electron chi connectivity index (χ0n) is 17.7. The monoisotopic (exact) mass is 412 g/mol. The Kier molecular flexibility index (Phi) is 5.68. The summed E-state index contributed by atoms with van der Waals surface area (Å²) in [6.07, 6.45) is 0.683. The van der Waals surface area contributed by atoms with Crippen molar-refractivity contribution in [3.05, 3.63) is 66.2 Å². The molecule has 2 amide bonds. The molecule has 4 rings (SSSR count). The van der Waals surface area contributed by atoms with Crippen LogP contribution >= 0.6 is 0 Å². The highest BCUT2D eigenvalue weighted by Crippen LogP contribution is 2.24. The van der Waals surface area contributed by atoms with Crippen LogP contribution in [-0.2, 0) is 4.79 Å². The first-order valence-electron chi connectivity index (χ1n) is 10.4. The largest absolute Gasteiger partial charge is 0.332 e. The molecular formula is C25H24N4O2. The van der Waals surface area contributed by atoms with E-state index in [2.05, 4.69) is 6.07 Å². The molecule has 1 saturated heterocycles. The van der Waals surface area contributed by atoms with E-state index in [0.717, 1.165) is 22.2 Å². The molecule has 1 fully saturated rings. The molecule has 0 N–H and O–H groups in total. The van der Waals surface area contributed by atoms with E-state index in [9.17, 15) is 14.9 Å². The molecule has 0 radical (unpaired) electrons. The van der Waals surface area contributed by atoms with Crippen molar-refractivity contribution in [3.63, 3.8) is 0 Å². The SMILES string of the molecule is CC1CC(C#N)N(C(=O)CN(C)C(=O)c2ccc3nc(-c4ccccc4)ccc3c2)C1. The average Bonchev–Trinajstić information content (AvgIpc) is 3.19. The van der Waals surface area contributed by atoms with Gasteiger partial charge in [-0.15, -0.1) is 0 Å². The van der Waals surface area contributed by atoms with E-state index in [0.29, 0.717) is 24.4 Å². The van der Waals surface area contributed by atoms with E-state index in [1.54, 1.807) is 24.1 Å². The Labute approximate surface area is 181 Å². The fraction of sp³-hybridized carbons (Fsp3) is 0.280. The van der Waals surface area contributed by atoms with Gasteiger partial charge in [-0.1, -0.05) is 43.3 Å². The van der Waals surface area contributed by atoms with Crippen LogP contribution in [-0.4, -0.2) is 52.8 Å². The Morgan fingerprint density at radius 2 is 1.94 bits per heavy atom. The second-order valence-corrected chi connectivity index (χ2v) is 8.16. The van der Waals surface area contributed by atoms with Crippen LogP contribution in [0.25, 0.3) is 22.2 Å². The summed E-state index contributed by atoms with van der Waals surface area (Å²) in [5.41, 5.74) is 3.22. The van der Waals surface area contributed by atoms with E-state index in [4.69, 9.17) is 4.98 Å². The molecule has 2 unspecified atom stereocenters. The maximum absolute atomic E-state index is 12.9. The first kappa shape index (κ1) is 20.5. The van der Waals surface area contributed by atoms with Crippen molar-refractivity contribution in [2.24, 2.45) is 5.92 Å². The third-order valence-corrected chi connectivity index (χ3v) is 5.70. The zero-order valence-corrected chi connectivity index (χ0v) is 17.7. The molecule has 0 spiro atoms. The van der Waals surface area contributed by atoms with Crippen molar-refractivity contribution in [1.29, 1.82) is 5.26 Å². The molecule has 3 aromatic rings. The first-order chi connectivity index (χ1) is 15.0. The maximum atomic E-state index is 12.9. The Balaban J connectivity index is 1.49. The van der Waals surface area contributed by atoms with Gasteiger partial charge in [-0.2, -0.15) is 5.26 Å². The van der Waals surface area contributed by atoms with Crippen LogP contribution in [0.4, 0.5) is 0 Å². The lowest BCUT2D eigenvalue weighted by Crippen LogP contribution is -2.43. The molecule has 0 aliphatic carbocycles. The number of carbonyl (C=O) groups is 2. The van der Waals surface area contributed by atoms with Crippen molar-refractivity contribution in [1.82, 2.24) is 14.8 Å². The lowest BCUT2D eigenvalue weighted by Gasteiger charge is -2.24. The summed E-state index contributed by atoms with van der Waals surface area (Å²) in [5, 5.41) is 10.2. The molecule has 0 saturated carbocycles. The quantitative estimate of drug-likeness (QED) is 0.654. The summed E-state index contributed by atoms with van der Waals surface area (Å²) in [4.78, 5) is 33.3. The zero-order chi connectivity index (χ0) is 22.0. The van der Waals surface area contributed by atoms with Crippen molar-refractivity contribution in [2.75, 3.05) is 20.1 Å². The van der Waals surface area contributed by atoms with Crippen LogP contribution in [0, 0.1) is 17.2 Å². The highest BCUT2D eigenvalue weighted by molar-refractivity contribution is 5.99. The third kappa shape index (κ3) is 4.26. The highest BCUT2D eigenvalue weighted by Gasteiger charge is 2.33. The predicted molar refractivity (Wildman–Crippen MR) is 119 cm³/mol. The molecule has 156 valence electrons. The van der Waals surface area contributed by atoms with Crippen molar-refractivity contribution < 1.29 is 9.59 Å². The van der Waals surface area contributed by atoms with Gasteiger partial charge in [0.15, 0.2) is 0 Å².